The van der Waals surface area contributed by atoms with E-state index in [-0.39, 0.29) is 0 Å². The van der Waals surface area contributed by atoms with Crippen LogP contribution in [0.25, 0.3) is 79.5 Å². The highest BCUT2D eigenvalue weighted by atomic mass is 15.0. The summed E-state index contributed by atoms with van der Waals surface area (Å²) in [4.78, 5) is 15.0. The Hall–Kier alpha value is -6.33. The molecule has 238 valence electrons. The summed E-state index contributed by atoms with van der Waals surface area (Å²) in [6.45, 7) is 0. The van der Waals surface area contributed by atoms with Crippen molar-refractivity contribution in [2.75, 3.05) is 0 Å². The molecule has 0 bridgehead atoms. The van der Waals surface area contributed by atoms with Crippen molar-refractivity contribution >= 4 is 34.0 Å². The lowest BCUT2D eigenvalue weighted by Gasteiger charge is -2.15. The molecule has 0 saturated carbocycles. The lowest BCUT2D eigenvalue weighted by atomic mass is 9.94. The molecule has 0 saturated heterocycles. The molecule has 8 aromatic rings. The van der Waals surface area contributed by atoms with Crippen LogP contribution < -0.4 is 0 Å². The van der Waals surface area contributed by atoms with Crippen molar-refractivity contribution < 1.29 is 0 Å². The Kier molecular flexibility index (Phi) is 6.69. The molecule has 0 amide bonds. The topological polar surface area (TPSA) is 48.5 Å². The number of para-hydroxylation sites is 1. The van der Waals surface area contributed by atoms with Gasteiger partial charge in [0.15, 0.2) is 17.5 Å². The summed E-state index contributed by atoms with van der Waals surface area (Å²) < 4.78 is 4.87. The minimum absolute atomic E-state index is 0.648. The molecule has 3 heterocycles. The summed E-state index contributed by atoms with van der Waals surface area (Å²) in [5, 5.41) is 2.40. The highest BCUT2D eigenvalue weighted by Gasteiger charge is 2.24. The molecule has 2 aliphatic rings. The van der Waals surface area contributed by atoms with Crippen LogP contribution in [0.4, 0.5) is 0 Å². The lowest BCUT2D eigenvalue weighted by molar-refractivity contribution is 0.922. The second-order valence-electron chi connectivity index (χ2n) is 13.1. The maximum absolute atomic E-state index is 5.04. The van der Waals surface area contributed by atoms with E-state index in [1.807, 2.05) is 60.7 Å². The predicted octanol–water partition coefficient (Wildman–Crippen LogP) is 10.7. The number of fused-ring (bicyclic) bond motifs is 6. The molecule has 0 unspecified atom stereocenters. The van der Waals surface area contributed by atoms with Gasteiger partial charge < -0.3 is 9.13 Å². The molecule has 5 heteroatoms. The Morgan fingerprint density at radius 3 is 1.50 bits per heavy atom. The maximum atomic E-state index is 5.04. The molecule has 0 N–H and O–H groups in total. The van der Waals surface area contributed by atoms with E-state index in [9.17, 15) is 0 Å². The third-order valence-corrected chi connectivity index (χ3v) is 10.1. The van der Waals surface area contributed by atoms with Crippen LogP contribution in [0.15, 0.2) is 140 Å². The van der Waals surface area contributed by atoms with Crippen molar-refractivity contribution in [3.8, 4) is 45.5 Å². The molecule has 0 spiro atoms. The van der Waals surface area contributed by atoms with E-state index in [2.05, 4.69) is 100 Å². The zero-order valence-corrected chi connectivity index (χ0v) is 27.5. The number of aromatic nitrogens is 5. The van der Waals surface area contributed by atoms with E-state index in [1.165, 1.54) is 44.5 Å². The minimum atomic E-state index is 0.648. The van der Waals surface area contributed by atoms with Gasteiger partial charge in [-0.25, -0.2) is 15.0 Å². The van der Waals surface area contributed by atoms with E-state index in [4.69, 9.17) is 15.0 Å². The van der Waals surface area contributed by atoms with Crippen molar-refractivity contribution in [1.29, 1.82) is 0 Å². The largest absolute Gasteiger partial charge is 0.310 e. The second-order valence-corrected chi connectivity index (χ2v) is 13.1. The molecule has 0 radical (unpaired) electrons. The van der Waals surface area contributed by atoms with Gasteiger partial charge in [0, 0.05) is 50.2 Å². The van der Waals surface area contributed by atoms with Gasteiger partial charge in [0.1, 0.15) is 0 Å². The van der Waals surface area contributed by atoms with Gasteiger partial charge in [0.25, 0.3) is 0 Å². The molecule has 0 atom stereocenters. The SMILES string of the molecule is C1=Cc2c(c3c(n2-c2ccc4c5ccc(-c6nc(-c7ccccc7)nc(-c7ccccc7)n6)cc5n(-c5ccccc5)c4c2)C=CCC3)CC1. The fraction of sp³-hybridized carbons (Fsp3) is 0.0889. The molecular weight excluding hydrogens is 611 g/mol. The number of nitrogens with zero attached hydrogens (tertiary/aromatic N) is 5. The average Bonchev–Trinajstić information content (AvgIpc) is 3.71. The Balaban J connectivity index is 1.20. The first-order valence-electron chi connectivity index (χ1n) is 17.4. The van der Waals surface area contributed by atoms with Crippen LogP contribution in [-0.2, 0) is 12.8 Å². The predicted molar refractivity (Wildman–Crippen MR) is 205 cm³/mol. The van der Waals surface area contributed by atoms with Gasteiger partial charge >= 0.3 is 0 Å². The molecule has 0 aliphatic heterocycles. The van der Waals surface area contributed by atoms with Crippen molar-refractivity contribution in [3.05, 3.63) is 162 Å². The van der Waals surface area contributed by atoms with Gasteiger partial charge in [0.2, 0.25) is 0 Å². The van der Waals surface area contributed by atoms with Crippen LogP contribution in [-0.4, -0.2) is 24.1 Å². The third-order valence-electron chi connectivity index (χ3n) is 10.1. The summed E-state index contributed by atoms with van der Waals surface area (Å²) in [6.07, 6.45) is 13.7. The summed E-state index contributed by atoms with van der Waals surface area (Å²) in [5.74, 6) is 1.96. The Bertz CT molecular complexity index is 2530. The van der Waals surface area contributed by atoms with Crippen molar-refractivity contribution in [3.63, 3.8) is 0 Å². The van der Waals surface area contributed by atoms with Gasteiger partial charge in [-0.05, 0) is 79.3 Å². The summed E-state index contributed by atoms with van der Waals surface area (Å²) in [5.41, 5.74) is 13.1. The first kappa shape index (κ1) is 28.7. The standard InChI is InChI=1S/C45H33N5/c1-4-14-30(15-5-1)43-46-44(31-16-6-2-7-17-31)48-45(47-43)32-24-26-37-38-27-25-34(29-42(38)49(41(37)28-32)33-18-8-3-9-19-33)50-39-22-12-10-20-35(39)36-21-11-13-23-40(36)50/h1-9,12-19,22-29H,10-11,20-21H2. The molecule has 2 aliphatic carbocycles. The van der Waals surface area contributed by atoms with E-state index < -0.39 is 0 Å². The summed E-state index contributed by atoms with van der Waals surface area (Å²) >= 11 is 0. The van der Waals surface area contributed by atoms with Crippen molar-refractivity contribution in [2.45, 2.75) is 25.7 Å². The molecule has 0 fully saturated rings. The Morgan fingerprint density at radius 2 is 0.920 bits per heavy atom. The average molecular weight is 644 g/mol. The normalized spacial score (nSPS) is 13.5. The molecule has 5 nitrogen and oxygen atoms in total. The fourth-order valence-electron chi connectivity index (χ4n) is 7.82. The van der Waals surface area contributed by atoms with Gasteiger partial charge in [-0.3, -0.25) is 0 Å². The number of benzene rings is 5. The van der Waals surface area contributed by atoms with Crippen molar-refractivity contribution in [1.82, 2.24) is 24.1 Å². The highest BCUT2D eigenvalue weighted by molar-refractivity contribution is 6.10. The van der Waals surface area contributed by atoms with Crippen LogP contribution in [0.2, 0.25) is 0 Å². The fourth-order valence-corrected chi connectivity index (χ4v) is 7.82. The minimum Gasteiger partial charge on any atom is -0.310 e. The van der Waals surface area contributed by atoms with Crippen LogP contribution in [0, 0.1) is 0 Å². The molecule has 3 aromatic heterocycles. The van der Waals surface area contributed by atoms with Crippen molar-refractivity contribution in [2.24, 2.45) is 0 Å². The lowest BCUT2D eigenvalue weighted by Crippen LogP contribution is -2.03. The monoisotopic (exact) mass is 643 g/mol. The number of hydrogen-bond acceptors (Lipinski definition) is 3. The van der Waals surface area contributed by atoms with E-state index in [1.54, 1.807) is 0 Å². The number of rotatable bonds is 5. The van der Waals surface area contributed by atoms with Gasteiger partial charge in [-0.2, -0.15) is 0 Å². The van der Waals surface area contributed by atoms with E-state index in [0.717, 1.165) is 53.6 Å². The zero-order chi connectivity index (χ0) is 33.0. The maximum Gasteiger partial charge on any atom is 0.164 e. The molecule has 50 heavy (non-hydrogen) atoms. The summed E-state index contributed by atoms with van der Waals surface area (Å²) in [6, 6.07) is 44.6. The third kappa shape index (κ3) is 4.66. The first-order valence-corrected chi connectivity index (χ1v) is 17.4. The quantitative estimate of drug-likeness (QED) is 0.188. The van der Waals surface area contributed by atoms with Crippen LogP contribution in [0.3, 0.4) is 0 Å². The first-order chi connectivity index (χ1) is 24.8. The number of allylic oxidation sites excluding steroid dienone is 2. The van der Waals surface area contributed by atoms with E-state index in [0.29, 0.717) is 17.5 Å². The Labute approximate surface area is 290 Å². The zero-order valence-electron chi connectivity index (χ0n) is 27.5. The smallest absolute Gasteiger partial charge is 0.164 e. The summed E-state index contributed by atoms with van der Waals surface area (Å²) in [7, 11) is 0. The van der Waals surface area contributed by atoms with Crippen LogP contribution in [0.1, 0.15) is 35.4 Å². The van der Waals surface area contributed by atoms with Gasteiger partial charge in [0.05, 0.1) is 11.0 Å². The van der Waals surface area contributed by atoms with Crippen LogP contribution >= 0.6 is 0 Å². The molecule has 10 rings (SSSR count). The van der Waals surface area contributed by atoms with E-state index >= 15 is 0 Å². The number of hydrogen-bond donors (Lipinski definition) is 0. The van der Waals surface area contributed by atoms with Gasteiger partial charge in [-0.15, -0.1) is 0 Å². The highest BCUT2D eigenvalue weighted by Crippen LogP contribution is 2.39. The molecule has 5 aromatic carbocycles. The molecular formula is C45H33N5. The van der Waals surface area contributed by atoms with Crippen LogP contribution in [0.5, 0.6) is 0 Å². The second kappa shape index (κ2) is 11.7. The Morgan fingerprint density at radius 1 is 0.420 bits per heavy atom. The van der Waals surface area contributed by atoms with Gasteiger partial charge in [-0.1, -0.05) is 109 Å².